The van der Waals surface area contributed by atoms with E-state index in [1.54, 1.807) is 0 Å². The van der Waals surface area contributed by atoms with E-state index in [1.807, 2.05) is 0 Å². The van der Waals surface area contributed by atoms with Crippen molar-refractivity contribution in [3.8, 4) is 115 Å². The van der Waals surface area contributed by atoms with Crippen molar-refractivity contribution in [2.75, 3.05) is 7.11 Å². The molecule has 0 aromatic heterocycles. The molecule has 24 heteroatoms. The number of phenolic OH excluding ortho intramolecular Hbond substituents is 15. The fourth-order valence-corrected chi connectivity index (χ4v) is 13.1. The van der Waals surface area contributed by atoms with Crippen LogP contribution in [-0.4, -0.2) is 123 Å². The van der Waals surface area contributed by atoms with Crippen molar-refractivity contribution < 1.29 is 120 Å². The van der Waals surface area contributed by atoms with E-state index in [9.17, 15) is 91.9 Å². The Bertz CT molecular complexity index is 4200. The lowest BCUT2D eigenvalue weighted by Gasteiger charge is -2.51. The van der Waals surface area contributed by atoms with E-state index in [-0.39, 0.29) is 91.3 Å². The summed E-state index contributed by atoms with van der Waals surface area (Å²) < 4.78 is 39.2. The van der Waals surface area contributed by atoms with Gasteiger partial charge in [0.05, 0.1) is 17.9 Å². The number of hydrogen-bond donors (Lipinski definition) is 18. The van der Waals surface area contributed by atoms with Gasteiger partial charge < -0.3 is 120 Å². The van der Waals surface area contributed by atoms with Crippen molar-refractivity contribution in [2.45, 2.75) is 86.0 Å². The molecule has 5 aliphatic heterocycles. The lowest BCUT2D eigenvalue weighted by Crippen LogP contribution is -2.58. The molecule has 0 radical (unpaired) electrons. The number of hydrogen-bond acceptors (Lipinski definition) is 24. The van der Waals surface area contributed by atoms with Crippen molar-refractivity contribution in [2.24, 2.45) is 0 Å². The summed E-state index contributed by atoms with van der Waals surface area (Å²) in [5.41, 5.74) is -1.42. The van der Waals surface area contributed by atoms with Gasteiger partial charge in [-0.15, -0.1) is 0 Å². The zero-order valence-corrected chi connectivity index (χ0v) is 45.4. The smallest absolute Gasteiger partial charge is 0.305 e. The molecule has 5 heterocycles. The van der Waals surface area contributed by atoms with Gasteiger partial charge in [0.15, 0.2) is 58.2 Å². The van der Waals surface area contributed by atoms with Crippen LogP contribution in [0.1, 0.15) is 110 Å². The maximum absolute atomic E-state index is 13.3. The molecular formula is C63H54O24. The maximum atomic E-state index is 13.3. The fourth-order valence-electron chi connectivity index (χ4n) is 13.1. The van der Waals surface area contributed by atoms with Gasteiger partial charge in [-0.05, 0) is 71.3 Å². The molecule has 8 aromatic carbocycles. The first kappa shape index (κ1) is 55.8. The predicted molar refractivity (Wildman–Crippen MR) is 297 cm³/mol. The van der Waals surface area contributed by atoms with Crippen molar-refractivity contribution in [1.29, 1.82) is 0 Å². The topological polar surface area (TPSA) is 420 Å². The van der Waals surface area contributed by atoms with Gasteiger partial charge in [0.25, 0.3) is 0 Å². The number of methoxy groups -OCH3 is 1. The molecule has 87 heavy (non-hydrogen) atoms. The summed E-state index contributed by atoms with van der Waals surface area (Å²) >= 11 is 0. The Morgan fingerprint density at radius 2 is 0.874 bits per heavy atom. The monoisotopic (exact) mass is 1190 g/mol. The molecule has 0 fully saturated rings. The largest absolute Gasteiger partial charge is 0.507 e. The average Bonchev–Trinajstić information content (AvgIpc) is 0.713. The third-order valence-electron chi connectivity index (χ3n) is 17.3. The molecule has 0 aliphatic carbocycles. The summed E-state index contributed by atoms with van der Waals surface area (Å²) in [6.07, 6.45) is -11.0. The molecular weight excluding hydrogens is 1140 g/mol. The minimum Gasteiger partial charge on any atom is -0.507 e. The Morgan fingerprint density at radius 3 is 1.45 bits per heavy atom. The number of aromatic hydroxyl groups is 15. The Morgan fingerprint density at radius 1 is 0.414 bits per heavy atom. The summed E-state index contributed by atoms with van der Waals surface area (Å²) in [4.78, 5) is 0. The second-order valence-corrected chi connectivity index (χ2v) is 22.2. The summed E-state index contributed by atoms with van der Waals surface area (Å²) in [5.74, 6) is -18.4. The summed E-state index contributed by atoms with van der Waals surface area (Å²) in [6.45, 7) is 1.50. The molecule has 0 saturated carbocycles. The SMILES string of the molecule is COC1Cc2c(O)cc(O)c(C(C)c3c(O)cc(O)c4c3OC3(c5ccc(O)c(O)c5)Oc5cc(O)c6c(c5C4C3O)OC(c3ccc(O)c(O)c3)C(O)C6c3c(O)cc(O)c4c3OC(c3ccc(O)c(O)c3)C(O)C4)c2OC1c1ccc(O)c(O)c1. The van der Waals surface area contributed by atoms with E-state index in [2.05, 4.69) is 0 Å². The number of rotatable bonds is 8. The molecule has 8 aromatic rings. The molecule has 24 nitrogen and oxygen atoms in total. The first-order valence-corrected chi connectivity index (χ1v) is 27.1. The third-order valence-corrected chi connectivity index (χ3v) is 17.3. The molecule has 0 saturated heterocycles. The van der Waals surface area contributed by atoms with Gasteiger partial charge in [-0.25, -0.2) is 0 Å². The normalized spacial score (nSPS) is 24.2. The summed E-state index contributed by atoms with van der Waals surface area (Å²) in [5, 5.41) is 207. The van der Waals surface area contributed by atoms with Crippen LogP contribution >= 0.6 is 0 Å². The minimum absolute atomic E-state index is 0.0468. The Labute approximate surface area is 490 Å². The van der Waals surface area contributed by atoms with E-state index in [1.165, 1.54) is 50.4 Å². The van der Waals surface area contributed by atoms with E-state index in [4.69, 9.17) is 28.4 Å². The molecule has 0 amide bonds. The maximum Gasteiger partial charge on any atom is 0.305 e. The van der Waals surface area contributed by atoms with Gasteiger partial charge in [-0.1, -0.05) is 25.1 Å². The van der Waals surface area contributed by atoms with Crippen LogP contribution in [0.25, 0.3) is 0 Å². The number of aliphatic hydroxyl groups is 3. The van der Waals surface area contributed by atoms with Gasteiger partial charge >= 0.3 is 5.79 Å². The lowest BCUT2D eigenvalue weighted by molar-refractivity contribution is -0.219. The molecule has 5 aliphatic rings. The Kier molecular flexibility index (Phi) is 12.7. The number of fused-ring (bicyclic) bond motifs is 10. The van der Waals surface area contributed by atoms with E-state index >= 15 is 0 Å². The number of benzene rings is 8. The second-order valence-electron chi connectivity index (χ2n) is 22.2. The van der Waals surface area contributed by atoms with E-state index in [0.717, 1.165) is 60.7 Å². The number of aliphatic hydroxyl groups excluding tert-OH is 3. The van der Waals surface area contributed by atoms with Crippen LogP contribution in [0.4, 0.5) is 0 Å². The fraction of sp³-hybridized carbons (Fsp3) is 0.238. The highest BCUT2D eigenvalue weighted by atomic mass is 16.7. The van der Waals surface area contributed by atoms with Gasteiger partial charge in [0.1, 0.15) is 93.4 Å². The molecule has 2 bridgehead atoms. The zero-order valence-electron chi connectivity index (χ0n) is 45.4. The average molecular weight is 1200 g/mol. The first-order valence-electron chi connectivity index (χ1n) is 27.1. The van der Waals surface area contributed by atoms with Crippen molar-refractivity contribution in [3.63, 3.8) is 0 Å². The standard InChI is InChI=1S/C63H54O24/c1-21(46-38(74)17-33(69)27-16-45(82-2)56(84-58(27)46)23-4-8-29(65)35(71)12-23)47-39(75)19-41(77)50-53-51-44(86-63(62(53)81,87-61(47)50)25-6-10-31(67)37(73)14-25)20-42(78)49-52(54(80)57(85-60(49)51)24-5-9-30(66)36(72)13-24)48-40(76)18-32(68)26-15-43(79)55(83-59(26)48)22-3-7-28(64)34(70)11-22/h3-14,17-21,43,45,52-57,62,64-81H,15-16H2,1-2H3. The number of phenols is 15. The van der Waals surface area contributed by atoms with Crippen LogP contribution in [0.2, 0.25) is 0 Å². The zero-order chi connectivity index (χ0) is 61.7. The lowest BCUT2D eigenvalue weighted by atomic mass is 9.71. The quantitative estimate of drug-likeness (QED) is 0.0687. The predicted octanol–water partition coefficient (Wildman–Crippen LogP) is 6.91. The highest BCUT2D eigenvalue weighted by molar-refractivity contribution is 5.74. The van der Waals surface area contributed by atoms with Gasteiger partial charge in [-0.2, -0.15) is 0 Å². The van der Waals surface area contributed by atoms with Crippen LogP contribution in [0.15, 0.2) is 97.1 Å². The van der Waals surface area contributed by atoms with Crippen LogP contribution in [0, 0.1) is 0 Å². The molecule has 0 spiro atoms. The molecule has 13 rings (SSSR count). The Balaban J connectivity index is 1.06. The van der Waals surface area contributed by atoms with Gasteiger partial charge in [0, 0.05) is 100 Å². The van der Waals surface area contributed by atoms with Crippen molar-refractivity contribution in [3.05, 3.63) is 164 Å². The molecule has 18 N–H and O–H groups in total. The van der Waals surface area contributed by atoms with Crippen LogP contribution < -0.4 is 23.7 Å². The van der Waals surface area contributed by atoms with E-state index in [0.29, 0.717) is 5.56 Å². The van der Waals surface area contributed by atoms with Crippen molar-refractivity contribution in [1.82, 2.24) is 0 Å². The second kappa shape index (κ2) is 19.8. The van der Waals surface area contributed by atoms with Crippen molar-refractivity contribution >= 4 is 0 Å². The van der Waals surface area contributed by atoms with Gasteiger partial charge in [0.2, 0.25) is 0 Å². The molecule has 450 valence electrons. The summed E-state index contributed by atoms with van der Waals surface area (Å²) in [7, 11) is 1.39. The third kappa shape index (κ3) is 8.34. The van der Waals surface area contributed by atoms with Crippen LogP contribution in [0.5, 0.6) is 115 Å². The highest BCUT2D eigenvalue weighted by Gasteiger charge is 2.62. The Hall–Kier alpha value is -10.4. The molecule has 11 atom stereocenters. The number of ether oxygens (including phenoxy) is 6. The highest BCUT2D eigenvalue weighted by Crippen LogP contribution is 2.67. The van der Waals surface area contributed by atoms with Gasteiger partial charge in [-0.3, -0.25) is 0 Å². The van der Waals surface area contributed by atoms with Crippen LogP contribution in [0.3, 0.4) is 0 Å². The molecule has 11 unspecified atom stereocenters. The first-order chi connectivity index (χ1) is 41.4. The van der Waals surface area contributed by atoms with E-state index < -0.39 is 164 Å². The minimum atomic E-state index is -2.63. The van der Waals surface area contributed by atoms with Crippen LogP contribution in [-0.2, 0) is 23.4 Å². The summed E-state index contributed by atoms with van der Waals surface area (Å²) in [6, 6.07) is 18.1.